The van der Waals surface area contributed by atoms with Crippen molar-refractivity contribution < 1.29 is 52.7 Å². The van der Waals surface area contributed by atoms with Gasteiger partial charge in [0.05, 0.1) is 11.1 Å². The first-order valence-corrected chi connectivity index (χ1v) is 19.9. The normalized spacial score (nSPS) is 16.2. The van der Waals surface area contributed by atoms with Gasteiger partial charge < -0.3 is 0 Å². The maximum atomic E-state index is 16.9. The maximum absolute atomic E-state index is 16.9. The minimum Gasteiger partial charge on any atom is -0.194 e. The summed E-state index contributed by atoms with van der Waals surface area (Å²) in [5, 5.41) is -0.129. The lowest BCUT2D eigenvalue weighted by molar-refractivity contribution is -0.254. The van der Waals surface area contributed by atoms with Gasteiger partial charge in [-0.1, -0.05) is 109 Å². The molecule has 6 aromatic carbocycles. The van der Waals surface area contributed by atoms with Crippen molar-refractivity contribution in [1.82, 2.24) is 0 Å². The van der Waals surface area contributed by atoms with Crippen LogP contribution in [0.1, 0.15) is 22.3 Å². The van der Waals surface area contributed by atoms with E-state index in [0.717, 1.165) is 46.9 Å². The quantitative estimate of drug-likeness (QED) is 0.146. The van der Waals surface area contributed by atoms with Gasteiger partial charge in [-0.05, 0) is 69.8 Å². The van der Waals surface area contributed by atoms with Gasteiger partial charge in [0.1, 0.15) is 0 Å². The first-order chi connectivity index (χ1) is 28.8. The number of hydrogen-bond donors (Lipinski definition) is 0. The highest BCUT2D eigenvalue weighted by Gasteiger charge is 2.80. The van der Waals surface area contributed by atoms with Crippen LogP contribution in [0, 0.1) is 0 Å². The molecule has 0 saturated carbocycles. The van der Waals surface area contributed by atoms with Crippen LogP contribution in [0.25, 0.3) is 74.5 Å². The van der Waals surface area contributed by atoms with Gasteiger partial charge in [0, 0.05) is 52.2 Å². The molecule has 0 bridgehead atoms. The van der Waals surface area contributed by atoms with Crippen LogP contribution in [-0.2, 0) is 12.4 Å². The Morgan fingerprint density at radius 1 is 0.361 bits per heavy atom. The average molecular weight is 881 g/mol. The molecule has 0 amide bonds. The second-order valence-corrected chi connectivity index (χ2v) is 16.5. The molecule has 0 saturated heterocycles. The van der Waals surface area contributed by atoms with Crippen LogP contribution in [0.4, 0.5) is 52.7 Å². The molecular formula is C47H24F12S2. The third-order valence-corrected chi connectivity index (χ3v) is 13.1. The lowest BCUT2D eigenvalue weighted by Crippen LogP contribution is -2.48. The van der Waals surface area contributed by atoms with E-state index >= 15 is 26.3 Å². The molecular weight excluding hydrogens is 857 g/mol. The van der Waals surface area contributed by atoms with E-state index in [4.69, 9.17) is 0 Å². The zero-order chi connectivity index (χ0) is 43.3. The van der Waals surface area contributed by atoms with E-state index in [2.05, 4.69) is 0 Å². The molecule has 61 heavy (non-hydrogen) atoms. The van der Waals surface area contributed by atoms with Crippen LogP contribution in [-0.4, -0.2) is 17.8 Å². The molecule has 1 aliphatic carbocycles. The number of alkyl halides is 12. The highest BCUT2D eigenvalue weighted by molar-refractivity contribution is 7.23. The smallest absolute Gasteiger partial charge is 0.194 e. The van der Waals surface area contributed by atoms with Gasteiger partial charge in [0.15, 0.2) is 0 Å². The zero-order valence-electron chi connectivity index (χ0n) is 30.7. The summed E-state index contributed by atoms with van der Waals surface area (Å²) in [5.74, 6) is -16.9. The maximum Gasteiger partial charge on any atom is 0.416 e. The molecule has 308 valence electrons. The Bertz CT molecular complexity index is 2790. The Morgan fingerprint density at radius 3 is 1.02 bits per heavy atom. The molecule has 0 atom stereocenters. The molecule has 0 aliphatic heterocycles. The van der Waals surface area contributed by atoms with Gasteiger partial charge in [0.2, 0.25) is 0 Å². The Morgan fingerprint density at radius 2 is 0.689 bits per heavy atom. The van der Waals surface area contributed by atoms with Crippen LogP contribution < -0.4 is 0 Å². The van der Waals surface area contributed by atoms with Crippen molar-refractivity contribution in [2.24, 2.45) is 0 Å². The molecule has 14 heteroatoms. The van der Waals surface area contributed by atoms with Crippen molar-refractivity contribution in [3.8, 4) is 43.1 Å². The summed E-state index contributed by atoms with van der Waals surface area (Å²) in [7, 11) is 0. The number of rotatable bonds is 6. The lowest BCUT2D eigenvalue weighted by Gasteiger charge is -2.26. The number of hydrogen-bond acceptors (Lipinski definition) is 2. The first-order valence-electron chi connectivity index (χ1n) is 18.3. The molecule has 0 N–H and O–H groups in total. The van der Waals surface area contributed by atoms with Crippen molar-refractivity contribution >= 4 is 54.0 Å². The minimum absolute atomic E-state index is 0.0220. The summed E-state index contributed by atoms with van der Waals surface area (Å²) in [6.07, 6.45) is -9.22. The molecule has 0 unspecified atom stereocenters. The molecule has 9 rings (SSSR count). The summed E-state index contributed by atoms with van der Waals surface area (Å²) in [4.78, 5) is -0.0440. The van der Waals surface area contributed by atoms with Gasteiger partial charge in [-0.2, -0.15) is 52.7 Å². The summed E-state index contributed by atoms with van der Waals surface area (Å²) in [6.45, 7) is 0. The molecule has 0 spiro atoms. The van der Waals surface area contributed by atoms with Gasteiger partial charge in [0.25, 0.3) is 0 Å². The molecule has 8 aromatic rings. The summed E-state index contributed by atoms with van der Waals surface area (Å²) in [5.41, 5.74) is -4.21. The minimum atomic E-state index is -5.94. The number of fused-ring (bicyclic) bond motifs is 2. The Balaban J connectivity index is 1.34. The van der Waals surface area contributed by atoms with Crippen LogP contribution >= 0.6 is 22.7 Å². The van der Waals surface area contributed by atoms with Gasteiger partial charge >= 0.3 is 30.1 Å². The van der Waals surface area contributed by atoms with Crippen LogP contribution in [0.2, 0.25) is 0 Å². The second kappa shape index (κ2) is 14.1. The van der Waals surface area contributed by atoms with Gasteiger partial charge in [-0.25, -0.2) is 0 Å². The predicted molar refractivity (Wildman–Crippen MR) is 217 cm³/mol. The summed E-state index contributed by atoms with van der Waals surface area (Å²) >= 11 is 1.76. The van der Waals surface area contributed by atoms with Gasteiger partial charge in [-0.15, -0.1) is 22.7 Å². The SMILES string of the molecule is FC(F)(F)c1ccc(-c2ccc3c(C4=C(c5c(-c6ccccc6)sc6cc(-c7ccc(C(F)(F)F)cc7)ccc56)C(F)(F)C(F)(F)C4(F)F)c(-c4ccccc4)sc3c2)cc1. The molecule has 2 aromatic heterocycles. The Labute approximate surface area is 346 Å². The second-order valence-electron chi connectivity index (χ2n) is 14.4. The van der Waals surface area contributed by atoms with Crippen molar-refractivity contribution in [3.05, 3.63) is 168 Å². The number of allylic oxidation sites excluding steroid dienone is 2. The zero-order valence-corrected chi connectivity index (χ0v) is 32.3. The average Bonchev–Trinajstić information content (AvgIpc) is 3.83. The Kier molecular flexibility index (Phi) is 9.37. The number of halogens is 12. The molecule has 0 fully saturated rings. The Hall–Kier alpha value is -5.86. The third-order valence-electron chi connectivity index (χ3n) is 10.7. The molecule has 0 radical (unpaired) electrons. The standard InChI is InChI=1S/C47H24F12S2/c48-43(49)39(37-33-21-15-29(25-11-17-31(18-12-25)45(52,53)54)23-35(33)60-41(37)27-7-3-1-4-8-27)40(44(50,51)47(43,58)59)38-34-22-16-30(26-13-19-32(20-14-26)46(55,56)57)24-36(34)61-42(38)28-9-5-2-6-10-28/h1-24H. The van der Waals surface area contributed by atoms with Crippen LogP contribution in [0.5, 0.6) is 0 Å². The monoisotopic (exact) mass is 880 g/mol. The lowest BCUT2D eigenvalue weighted by atomic mass is 9.88. The highest BCUT2D eigenvalue weighted by atomic mass is 32.1. The first kappa shape index (κ1) is 40.5. The number of thiophene rings is 2. The van der Waals surface area contributed by atoms with Crippen molar-refractivity contribution in [3.63, 3.8) is 0 Å². The van der Waals surface area contributed by atoms with E-state index in [9.17, 15) is 26.3 Å². The molecule has 1 aliphatic rings. The van der Waals surface area contributed by atoms with E-state index in [1.807, 2.05) is 0 Å². The van der Waals surface area contributed by atoms with E-state index in [0.29, 0.717) is 22.3 Å². The van der Waals surface area contributed by atoms with Crippen molar-refractivity contribution in [1.29, 1.82) is 0 Å². The fraction of sp³-hybridized carbons (Fsp3) is 0.106. The largest absolute Gasteiger partial charge is 0.416 e. The highest BCUT2D eigenvalue weighted by Crippen LogP contribution is 2.68. The third kappa shape index (κ3) is 6.53. The van der Waals surface area contributed by atoms with Crippen molar-refractivity contribution in [2.75, 3.05) is 0 Å². The van der Waals surface area contributed by atoms with Crippen molar-refractivity contribution in [2.45, 2.75) is 30.1 Å². The molecule has 2 heterocycles. The number of benzene rings is 6. The van der Waals surface area contributed by atoms with E-state index in [1.54, 1.807) is 36.4 Å². The van der Waals surface area contributed by atoms with E-state index < -0.39 is 63.5 Å². The van der Waals surface area contributed by atoms with Crippen LogP contribution in [0.15, 0.2) is 146 Å². The van der Waals surface area contributed by atoms with Gasteiger partial charge in [-0.3, -0.25) is 0 Å². The topological polar surface area (TPSA) is 0 Å². The fourth-order valence-corrected chi connectivity index (χ4v) is 10.2. The summed E-state index contributed by atoms with van der Waals surface area (Å²) in [6, 6.07) is 32.4. The van der Waals surface area contributed by atoms with Crippen LogP contribution in [0.3, 0.4) is 0 Å². The van der Waals surface area contributed by atoms with E-state index in [-0.39, 0.29) is 41.1 Å². The summed E-state index contributed by atoms with van der Waals surface area (Å²) < 4.78 is 180. The van der Waals surface area contributed by atoms with E-state index in [1.165, 1.54) is 84.9 Å². The fourth-order valence-electron chi connectivity index (χ4n) is 7.73. The molecule has 0 nitrogen and oxygen atoms in total. The predicted octanol–water partition coefficient (Wildman–Crippen LogP) is 16.7.